The molecule has 1 aliphatic rings. The van der Waals surface area contributed by atoms with Gasteiger partial charge in [-0.3, -0.25) is 0 Å². The summed E-state index contributed by atoms with van der Waals surface area (Å²) in [4.78, 5) is 0. The first-order valence-electron chi connectivity index (χ1n) is 7.40. The van der Waals surface area contributed by atoms with Crippen LogP contribution in [0.3, 0.4) is 0 Å². The minimum atomic E-state index is -0.608. The smallest absolute Gasteiger partial charge is 0.0788 e. The van der Waals surface area contributed by atoms with Crippen molar-refractivity contribution in [1.82, 2.24) is 0 Å². The standard InChI is InChI=1S/C18H26N2/c1-12(2)14-9-15(13(3)4)11-16(10-14)18(20)8-6-5-7-17(18)19/h5-13,17H,19-20H2,1-4H3. The molecule has 2 unspecified atom stereocenters. The first kappa shape index (κ1) is 15.0. The molecule has 2 atom stereocenters. The molecule has 20 heavy (non-hydrogen) atoms. The minimum absolute atomic E-state index is 0.185. The highest BCUT2D eigenvalue weighted by atomic mass is 14.8. The highest BCUT2D eigenvalue weighted by molar-refractivity contribution is 5.43. The van der Waals surface area contributed by atoms with E-state index in [0.29, 0.717) is 11.8 Å². The quantitative estimate of drug-likeness (QED) is 0.882. The Labute approximate surface area is 122 Å². The second-order valence-electron chi connectivity index (χ2n) is 6.40. The average Bonchev–Trinajstić information content (AvgIpc) is 2.41. The van der Waals surface area contributed by atoms with Gasteiger partial charge in [-0.2, -0.15) is 0 Å². The Bertz CT molecular complexity index is 514. The second kappa shape index (κ2) is 5.55. The molecule has 108 valence electrons. The van der Waals surface area contributed by atoms with Gasteiger partial charge in [0.15, 0.2) is 0 Å². The lowest BCUT2D eigenvalue weighted by molar-refractivity contribution is 0.491. The molecule has 1 aromatic carbocycles. The fourth-order valence-electron chi connectivity index (χ4n) is 2.55. The van der Waals surface area contributed by atoms with E-state index in [-0.39, 0.29) is 6.04 Å². The van der Waals surface area contributed by atoms with Gasteiger partial charge >= 0.3 is 0 Å². The van der Waals surface area contributed by atoms with Crippen LogP contribution in [0.1, 0.15) is 56.2 Å². The molecule has 0 radical (unpaired) electrons. The summed E-state index contributed by atoms with van der Waals surface area (Å²) in [6.07, 6.45) is 7.93. The van der Waals surface area contributed by atoms with Crippen molar-refractivity contribution in [3.8, 4) is 0 Å². The van der Waals surface area contributed by atoms with Crippen LogP contribution in [-0.4, -0.2) is 6.04 Å². The number of nitrogens with two attached hydrogens (primary N) is 2. The van der Waals surface area contributed by atoms with Crippen LogP contribution in [0.15, 0.2) is 42.5 Å². The summed E-state index contributed by atoms with van der Waals surface area (Å²) in [5.74, 6) is 0.964. The molecule has 0 saturated heterocycles. The molecule has 1 aromatic rings. The van der Waals surface area contributed by atoms with E-state index in [4.69, 9.17) is 11.5 Å². The monoisotopic (exact) mass is 270 g/mol. The molecule has 4 N–H and O–H groups in total. The third-order valence-corrected chi connectivity index (χ3v) is 4.16. The summed E-state index contributed by atoms with van der Waals surface area (Å²) in [5.41, 5.74) is 16.0. The van der Waals surface area contributed by atoms with Crippen LogP contribution in [0.5, 0.6) is 0 Å². The van der Waals surface area contributed by atoms with E-state index < -0.39 is 5.54 Å². The summed E-state index contributed by atoms with van der Waals surface area (Å²) in [6, 6.07) is 6.52. The molecular weight excluding hydrogens is 244 g/mol. The van der Waals surface area contributed by atoms with Crippen molar-refractivity contribution >= 4 is 0 Å². The normalized spacial score (nSPS) is 25.7. The SMILES string of the molecule is CC(C)c1cc(C(C)C)cc(C2(N)C=CC=CC2N)c1. The van der Waals surface area contributed by atoms with Crippen molar-refractivity contribution in [1.29, 1.82) is 0 Å². The van der Waals surface area contributed by atoms with Crippen LogP contribution in [0, 0.1) is 0 Å². The van der Waals surface area contributed by atoms with Gasteiger partial charge in [0, 0.05) is 6.04 Å². The summed E-state index contributed by atoms with van der Waals surface area (Å²) >= 11 is 0. The number of rotatable bonds is 3. The largest absolute Gasteiger partial charge is 0.322 e. The third-order valence-electron chi connectivity index (χ3n) is 4.16. The van der Waals surface area contributed by atoms with Gasteiger partial charge in [0.2, 0.25) is 0 Å². The van der Waals surface area contributed by atoms with Gasteiger partial charge in [0.1, 0.15) is 0 Å². The number of benzene rings is 1. The highest BCUT2D eigenvalue weighted by Gasteiger charge is 2.32. The molecule has 2 rings (SSSR count). The van der Waals surface area contributed by atoms with E-state index in [1.54, 1.807) is 0 Å². The predicted octanol–water partition coefficient (Wildman–Crippen LogP) is 3.54. The zero-order valence-electron chi connectivity index (χ0n) is 12.9. The minimum Gasteiger partial charge on any atom is -0.322 e. The number of allylic oxidation sites excluding steroid dienone is 2. The Hall–Kier alpha value is -1.38. The number of hydrogen-bond donors (Lipinski definition) is 2. The van der Waals surface area contributed by atoms with Crippen LogP contribution < -0.4 is 11.5 Å². The fourth-order valence-corrected chi connectivity index (χ4v) is 2.55. The zero-order valence-corrected chi connectivity index (χ0v) is 12.9. The lowest BCUT2D eigenvalue weighted by Crippen LogP contribution is -2.51. The van der Waals surface area contributed by atoms with Crippen molar-refractivity contribution in [2.45, 2.75) is 51.1 Å². The van der Waals surface area contributed by atoms with Crippen molar-refractivity contribution in [3.63, 3.8) is 0 Å². The van der Waals surface area contributed by atoms with E-state index >= 15 is 0 Å². The van der Waals surface area contributed by atoms with E-state index in [9.17, 15) is 0 Å². The number of hydrogen-bond acceptors (Lipinski definition) is 2. The molecule has 2 nitrogen and oxygen atoms in total. The maximum Gasteiger partial charge on any atom is 0.0788 e. The summed E-state index contributed by atoms with van der Waals surface area (Å²) in [7, 11) is 0. The fraction of sp³-hybridized carbons (Fsp3) is 0.444. The van der Waals surface area contributed by atoms with Gasteiger partial charge in [0.25, 0.3) is 0 Å². The van der Waals surface area contributed by atoms with Crippen molar-refractivity contribution < 1.29 is 0 Å². The molecule has 0 aromatic heterocycles. The van der Waals surface area contributed by atoms with Gasteiger partial charge < -0.3 is 11.5 Å². The van der Waals surface area contributed by atoms with E-state index in [1.165, 1.54) is 11.1 Å². The first-order chi connectivity index (χ1) is 9.34. The Balaban J connectivity index is 2.56. The summed E-state index contributed by atoms with van der Waals surface area (Å²) in [5, 5.41) is 0. The van der Waals surface area contributed by atoms with Crippen LogP contribution in [0.4, 0.5) is 0 Å². The summed E-state index contributed by atoms with van der Waals surface area (Å²) in [6.45, 7) is 8.85. The Morgan fingerprint density at radius 2 is 1.50 bits per heavy atom. The van der Waals surface area contributed by atoms with Crippen LogP contribution >= 0.6 is 0 Å². The molecule has 0 aliphatic heterocycles. The third kappa shape index (κ3) is 2.72. The van der Waals surface area contributed by atoms with E-state index in [1.807, 2.05) is 24.3 Å². The second-order valence-corrected chi connectivity index (χ2v) is 6.40. The molecule has 0 saturated carbocycles. The molecule has 0 heterocycles. The molecule has 0 amide bonds. The van der Waals surface area contributed by atoms with Gasteiger partial charge in [-0.05, 0) is 28.5 Å². The van der Waals surface area contributed by atoms with Crippen LogP contribution in [0.25, 0.3) is 0 Å². The molecule has 2 heteroatoms. The lowest BCUT2D eigenvalue weighted by Gasteiger charge is -2.34. The summed E-state index contributed by atoms with van der Waals surface area (Å²) < 4.78 is 0. The van der Waals surface area contributed by atoms with Crippen LogP contribution in [-0.2, 0) is 5.54 Å². The molecule has 0 bridgehead atoms. The van der Waals surface area contributed by atoms with Gasteiger partial charge in [-0.25, -0.2) is 0 Å². The molecule has 0 spiro atoms. The highest BCUT2D eigenvalue weighted by Crippen LogP contribution is 2.32. The van der Waals surface area contributed by atoms with Gasteiger partial charge in [-0.15, -0.1) is 0 Å². The first-order valence-corrected chi connectivity index (χ1v) is 7.40. The zero-order chi connectivity index (χ0) is 14.9. The molecule has 1 aliphatic carbocycles. The Morgan fingerprint density at radius 1 is 0.950 bits per heavy atom. The average molecular weight is 270 g/mol. The lowest BCUT2D eigenvalue weighted by atomic mass is 9.78. The van der Waals surface area contributed by atoms with Crippen molar-refractivity contribution in [2.24, 2.45) is 11.5 Å². The molecular formula is C18H26N2. The van der Waals surface area contributed by atoms with Gasteiger partial charge in [0.05, 0.1) is 5.54 Å². The van der Waals surface area contributed by atoms with Crippen molar-refractivity contribution in [2.75, 3.05) is 0 Å². The van der Waals surface area contributed by atoms with Crippen molar-refractivity contribution in [3.05, 3.63) is 59.2 Å². The molecule has 0 fully saturated rings. The van der Waals surface area contributed by atoms with Gasteiger partial charge in [-0.1, -0.05) is 70.2 Å². The Kier molecular flexibility index (Phi) is 4.17. The van der Waals surface area contributed by atoms with E-state index in [0.717, 1.165) is 5.56 Å². The Morgan fingerprint density at radius 3 is 1.95 bits per heavy atom. The predicted molar refractivity (Wildman–Crippen MR) is 86.7 cm³/mol. The van der Waals surface area contributed by atoms with Crippen LogP contribution in [0.2, 0.25) is 0 Å². The topological polar surface area (TPSA) is 52.0 Å². The maximum absolute atomic E-state index is 6.60. The van der Waals surface area contributed by atoms with E-state index in [2.05, 4.69) is 45.9 Å². The maximum atomic E-state index is 6.60.